The Morgan fingerprint density at radius 3 is 2.38 bits per heavy atom. The van der Waals surface area contributed by atoms with E-state index in [0.29, 0.717) is 16.0 Å². The molecule has 1 heterocycles. The van der Waals surface area contributed by atoms with Crippen molar-refractivity contribution < 1.29 is 4.79 Å². The molecule has 26 heavy (non-hydrogen) atoms. The number of nitrogens with zero attached hydrogens (tertiary/aromatic N) is 4. The second-order valence-electron chi connectivity index (χ2n) is 5.82. The van der Waals surface area contributed by atoms with Gasteiger partial charge in [-0.2, -0.15) is 0 Å². The second-order valence-corrected chi connectivity index (χ2v) is 7.33. The zero-order valence-corrected chi connectivity index (χ0v) is 15.9. The summed E-state index contributed by atoms with van der Waals surface area (Å²) < 4.78 is 1.40. The van der Waals surface area contributed by atoms with Crippen molar-refractivity contribution in [1.82, 2.24) is 19.8 Å². The average Bonchev–Trinajstić information content (AvgIpc) is 3.01. The monoisotopic (exact) mass is 387 g/mol. The minimum atomic E-state index is -0.462. The highest BCUT2D eigenvalue weighted by atomic mass is 35.5. The summed E-state index contributed by atoms with van der Waals surface area (Å²) in [6.45, 7) is 0. The van der Waals surface area contributed by atoms with E-state index in [1.54, 1.807) is 31.1 Å². The quantitative estimate of drug-likeness (QED) is 0.537. The van der Waals surface area contributed by atoms with Crippen LogP contribution in [0.5, 0.6) is 0 Å². The summed E-state index contributed by atoms with van der Waals surface area (Å²) in [5, 5.41) is 8.96. The Morgan fingerprint density at radius 2 is 1.77 bits per heavy atom. The van der Waals surface area contributed by atoms with E-state index in [4.69, 9.17) is 17.4 Å². The lowest BCUT2D eigenvalue weighted by molar-refractivity contribution is -0.128. The molecule has 0 spiro atoms. The maximum Gasteiger partial charge on any atom is 0.240 e. The molecule has 0 aliphatic rings. The van der Waals surface area contributed by atoms with Crippen molar-refractivity contribution in [3.63, 3.8) is 0 Å². The van der Waals surface area contributed by atoms with E-state index in [9.17, 15) is 4.79 Å². The third-order valence-corrected chi connectivity index (χ3v) is 5.21. The van der Waals surface area contributed by atoms with Crippen LogP contribution in [0.2, 0.25) is 5.02 Å². The van der Waals surface area contributed by atoms with E-state index in [2.05, 4.69) is 10.2 Å². The molecule has 0 unspecified atom stereocenters. The standard InChI is InChI=1S/C18H18ClN5OS/c1-23(2)17(25)15(12-6-4-3-5-7-12)26-18-22-21-16(24(18)20)13-8-10-14(19)11-9-13/h3-11,15H,20H2,1-2H3/t15-/m1/s1. The Morgan fingerprint density at radius 1 is 1.12 bits per heavy atom. The molecule has 0 saturated carbocycles. The number of nitrogen functional groups attached to an aromatic ring is 1. The van der Waals surface area contributed by atoms with Gasteiger partial charge in [0.15, 0.2) is 5.82 Å². The molecule has 0 fully saturated rings. The third-order valence-electron chi connectivity index (χ3n) is 3.76. The Kier molecular flexibility index (Phi) is 5.49. The van der Waals surface area contributed by atoms with Gasteiger partial charge in [0.05, 0.1) is 0 Å². The summed E-state index contributed by atoms with van der Waals surface area (Å²) in [6.07, 6.45) is 0. The number of halogens is 1. The molecule has 1 amide bonds. The molecular formula is C18H18ClN5OS. The fourth-order valence-corrected chi connectivity index (χ4v) is 3.61. The van der Waals surface area contributed by atoms with Crippen LogP contribution < -0.4 is 5.84 Å². The van der Waals surface area contributed by atoms with E-state index < -0.39 is 5.25 Å². The van der Waals surface area contributed by atoms with Gasteiger partial charge in [-0.25, -0.2) is 4.68 Å². The van der Waals surface area contributed by atoms with Crippen molar-refractivity contribution in [2.45, 2.75) is 10.4 Å². The summed E-state index contributed by atoms with van der Waals surface area (Å²) >= 11 is 7.20. The molecule has 0 saturated heterocycles. The van der Waals surface area contributed by atoms with Gasteiger partial charge >= 0.3 is 0 Å². The smallest absolute Gasteiger partial charge is 0.240 e. The fraction of sp³-hybridized carbons (Fsp3) is 0.167. The maximum absolute atomic E-state index is 12.7. The van der Waals surface area contributed by atoms with E-state index in [-0.39, 0.29) is 5.91 Å². The molecule has 3 rings (SSSR count). The Balaban J connectivity index is 1.93. The van der Waals surface area contributed by atoms with Crippen molar-refractivity contribution in [2.24, 2.45) is 0 Å². The van der Waals surface area contributed by atoms with Crippen LogP contribution in [0.3, 0.4) is 0 Å². The average molecular weight is 388 g/mol. The third kappa shape index (κ3) is 3.84. The predicted octanol–water partition coefficient (Wildman–Crippen LogP) is 3.23. The molecule has 0 aliphatic heterocycles. The number of thioether (sulfide) groups is 1. The van der Waals surface area contributed by atoms with Crippen molar-refractivity contribution in [2.75, 3.05) is 19.9 Å². The molecule has 2 N–H and O–H groups in total. The molecule has 134 valence electrons. The van der Waals surface area contributed by atoms with Crippen molar-refractivity contribution >= 4 is 29.3 Å². The van der Waals surface area contributed by atoms with Gasteiger partial charge < -0.3 is 10.7 Å². The molecule has 0 radical (unpaired) electrons. The highest BCUT2D eigenvalue weighted by Gasteiger charge is 2.26. The SMILES string of the molecule is CN(C)C(=O)[C@H](Sc1nnc(-c2ccc(Cl)cc2)n1N)c1ccccc1. The first-order valence-corrected chi connectivity index (χ1v) is 9.12. The Labute approximate surface area is 160 Å². The largest absolute Gasteiger partial charge is 0.348 e. The van der Waals surface area contributed by atoms with Crippen LogP contribution in [0.15, 0.2) is 59.8 Å². The summed E-state index contributed by atoms with van der Waals surface area (Å²) in [5.41, 5.74) is 1.68. The van der Waals surface area contributed by atoms with Crippen LogP contribution in [0.25, 0.3) is 11.4 Å². The van der Waals surface area contributed by atoms with Crippen molar-refractivity contribution in [1.29, 1.82) is 0 Å². The number of carbonyl (C=O) groups is 1. The molecule has 6 nitrogen and oxygen atoms in total. The zero-order valence-electron chi connectivity index (χ0n) is 14.3. The summed E-state index contributed by atoms with van der Waals surface area (Å²) in [6, 6.07) is 16.7. The summed E-state index contributed by atoms with van der Waals surface area (Å²) in [5.74, 6) is 6.65. The van der Waals surface area contributed by atoms with Gasteiger partial charge in [-0.05, 0) is 29.8 Å². The lowest BCUT2D eigenvalue weighted by atomic mass is 10.1. The molecule has 2 aromatic carbocycles. The molecule has 0 aliphatic carbocycles. The first kappa shape index (κ1) is 18.3. The number of aromatic nitrogens is 3. The fourth-order valence-electron chi connectivity index (χ4n) is 2.38. The van der Waals surface area contributed by atoms with Gasteiger partial charge in [-0.15, -0.1) is 10.2 Å². The minimum absolute atomic E-state index is 0.0442. The molecule has 1 aromatic heterocycles. The lowest BCUT2D eigenvalue weighted by Gasteiger charge is -2.20. The van der Waals surface area contributed by atoms with Crippen LogP contribution in [0.1, 0.15) is 10.8 Å². The van der Waals surface area contributed by atoms with Crippen LogP contribution in [-0.2, 0) is 4.79 Å². The molecule has 1 atom stereocenters. The number of likely N-dealkylation sites (N-methyl/N-ethyl adjacent to an activating group) is 1. The predicted molar refractivity (Wildman–Crippen MR) is 104 cm³/mol. The number of hydrogen-bond donors (Lipinski definition) is 1. The number of amides is 1. The van der Waals surface area contributed by atoms with Crippen LogP contribution in [0.4, 0.5) is 0 Å². The summed E-state index contributed by atoms with van der Waals surface area (Å²) in [4.78, 5) is 14.2. The maximum atomic E-state index is 12.7. The lowest BCUT2D eigenvalue weighted by Crippen LogP contribution is -2.27. The topological polar surface area (TPSA) is 77.0 Å². The van der Waals surface area contributed by atoms with Crippen LogP contribution >= 0.6 is 23.4 Å². The van der Waals surface area contributed by atoms with Crippen molar-refractivity contribution in [3.8, 4) is 11.4 Å². The number of carbonyl (C=O) groups excluding carboxylic acids is 1. The number of benzene rings is 2. The number of nitrogens with two attached hydrogens (primary N) is 1. The molecule has 0 bridgehead atoms. The zero-order chi connectivity index (χ0) is 18.7. The minimum Gasteiger partial charge on any atom is -0.348 e. The molecule has 8 heteroatoms. The Hall–Kier alpha value is -2.51. The Bertz CT molecular complexity index is 896. The number of rotatable bonds is 5. The summed E-state index contributed by atoms with van der Waals surface area (Å²) in [7, 11) is 3.45. The highest BCUT2D eigenvalue weighted by Crippen LogP contribution is 2.36. The molecule has 3 aromatic rings. The first-order chi connectivity index (χ1) is 12.5. The van der Waals surface area contributed by atoms with E-state index in [1.165, 1.54) is 16.4 Å². The van der Waals surface area contributed by atoms with Gasteiger partial charge in [0.1, 0.15) is 5.25 Å². The first-order valence-electron chi connectivity index (χ1n) is 7.86. The van der Waals surface area contributed by atoms with E-state index in [1.807, 2.05) is 42.5 Å². The second kappa shape index (κ2) is 7.80. The van der Waals surface area contributed by atoms with Gasteiger partial charge in [0.2, 0.25) is 11.1 Å². The van der Waals surface area contributed by atoms with Crippen LogP contribution in [0, 0.1) is 0 Å². The highest BCUT2D eigenvalue weighted by molar-refractivity contribution is 8.00. The number of hydrogen-bond acceptors (Lipinski definition) is 5. The van der Waals surface area contributed by atoms with Crippen LogP contribution in [-0.4, -0.2) is 39.8 Å². The van der Waals surface area contributed by atoms with E-state index in [0.717, 1.165) is 11.1 Å². The van der Waals surface area contributed by atoms with E-state index >= 15 is 0 Å². The normalized spacial score (nSPS) is 12.0. The molecular weight excluding hydrogens is 370 g/mol. The van der Waals surface area contributed by atoms with Gasteiger partial charge in [-0.1, -0.05) is 53.7 Å². The van der Waals surface area contributed by atoms with Gasteiger partial charge in [0.25, 0.3) is 0 Å². The van der Waals surface area contributed by atoms with Gasteiger partial charge in [-0.3, -0.25) is 4.79 Å². The van der Waals surface area contributed by atoms with Gasteiger partial charge in [0, 0.05) is 24.7 Å². The van der Waals surface area contributed by atoms with Crippen molar-refractivity contribution in [3.05, 3.63) is 65.2 Å².